The number of imide groups is 1. The zero-order valence-corrected chi connectivity index (χ0v) is 19.2. The van der Waals surface area contributed by atoms with Crippen LogP contribution in [0.25, 0.3) is 10.9 Å². The Morgan fingerprint density at radius 1 is 1.03 bits per heavy atom. The number of anilines is 1. The molecule has 2 saturated heterocycles. The van der Waals surface area contributed by atoms with Gasteiger partial charge in [0.05, 0.1) is 16.8 Å². The number of hydrogen-bond donors (Lipinski definition) is 1. The number of rotatable bonds is 4. The predicted molar refractivity (Wildman–Crippen MR) is 128 cm³/mol. The van der Waals surface area contributed by atoms with Gasteiger partial charge < -0.3 is 0 Å². The van der Waals surface area contributed by atoms with Crippen molar-refractivity contribution in [1.82, 2.24) is 15.2 Å². The van der Waals surface area contributed by atoms with Crippen LogP contribution in [-0.4, -0.2) is 46.7 Å². The molecule has 35 heavy (non-hydrogen) atoms. The first-order valence-corrected chi connectivity index (χ1v) is 12.0. The van der Waals surface area contributed by atoms with E-state index < -0.39 is 17.6 Å². The van der Waals surface area contributed by atoms with Gasteiger partial charge in [-0.15, -0.1) is 0 Å². The summed E-state index contributed by atoms with van der Waals surface area (Å²) < 4.78 is 16.4. The Morgan fingerprint density at radius 2 is 1.80 bits per heavy atom. The minimum absolute atomic E-state index is 0.170. The number of likely N-dealkylation sites (tertiary alicyclic amines) is 1. The lowest BCUT2D eigenvalue weighted by atomic mass is 9.84. The van der Waals surface area contributed by atoms with Crippen LogP contribution in [0.1, 0.15) is 47.2 Å². The van der Waals surface area contributed by atoms with Crippen LogP contribution in [0.4, 0.5) is 10.1 Å². The second kappa shape index (κ2) is 8.23. The first kappa shape index (κ1) is 21.9. The van der Waals surface area contributed by atoms with Gasteiger partial charge in [0, 0.05) is 43.2 Å². The maximum Gasteiger partial charge on any atom is 0.259 e. The Kier molecular flexibility index (Phi) is 5.14. The van der Waals surface area contributed by atoms with Gasteiger partial charge in [-0.25, -0.2) is 4.39 Å². The van der Waals surface area contributed by atoms with E-state index in [2.05, 4.69) is 27.3 Å². The summed E-state index contributed by atoms with van der Waals surface area (Å²) in [5, 5.41) is 2.91. The van der Waals surface area contributed by atoms with Crippen molar-refractivity contribution in [3.63, 3.8) is 0 Å². The minimum Gasteiger partial charge on any atom is -0.299 e. The third-order valence-electron chi connectivity index (χ3n) is 7.48. The number of benzene rings is 2. The van der Waals surface area contributed by atoms with Crippen molar-refractivity contribution in [2.24, 2.45) is 0 Å². The summed E-state index contributed by atoms with van der Waals surface area (Å²) in [6.07, 6.45) is 2.67. The van der Waals surface area contributed by atoms with Crippen LogP contribution in [0, 0.1) is 0 Å². The van der Waals surface area contributed by atoms with Crippen molar-refractivity contribution in [3.8, 4) is 0 Å². The molecule has 6 rings (SSSR count). The molecule has 1 aromatic heterocycles. The normalized spacial score (nSPS) is 22.0. The number of carbonyl (C=O) groups excluding carboxylic acids is 3. The van der Waals surface area contributed by atoms with Crippen LogP contribution < -0.4 is 10.2 Å². The fraction of sp³-hybridized carbons (Fsp3) is 0.333. The van der Waals surface area contributed by atoms with Gasteiger partial charge in [-0.05, 0) is 37.0 Å². The molecule has 1 N–H and O–H groups in total. The molecular weight excluding hydrogens is 447 g/mol. The van der Waals surface area contributed by atoms with Crippen LogP contribution in [0.2, 0.25) is 0 Å². The van der Waals surface area contributed by atoms with Gasteiger partial charge in [-0.2, -0.15) is 0 Å². The Bertz CT molecular complexity index is 1350. The van der Waals surface area contributed by atoms with Crippen LogP contribution in [-0.2, 0) is 21.8 Å². The van der Waals surface area contributed by atoms with E-state index in [1.165, 1.54) is 10.5 Å². The first-order valence-electron chi connectivity index (χ1n) is 12.0. The van der Waals surface area contributed by atoms with Crippen LogP contribution in [0.3, 0.4) is 0 Å². The number of alkyl halides is 1. The van der Waals surface area contributed by atoms with E-state index in [1.54, 1.807) is 24.4 Å². The molecule has 3 aliphatic heterocycles. The summed E-state index contributed by atoms with van der Waals surface area (Å²) in [6.45, 7) is 2.03. The molecule has 0 saturated carbocycles. The highest BCUT2D eigenvalue weighted by molar-refractivity contribution is 6.27. The Morgan fingerprint density at radius 3 is 2.54 bits per heavy atom. The quantitative estimate of drug-likeness (QED) is 0.588. The van der Waals surface area contributed by atoms with Crippen molar-refractivity contribution >= 4 is 34.3 Å². The SMILES string of the molecule is O=C1CCC(N2C(=O)c3ccc(C4(F)CCN(Cc5ccccc5)CC4)c4nccc2c34)C(=O)N1. The summed E-state index contributed by atoms with van der Waals surface area (Å²) in [4.78, 5) is 45.7. The van der Waals surface area contributed by atoms with Crippen LogP contribution in [0.5, 0.6) is 0 Å². The van der Waals surface area contributed by atoms with Gasteiger partial charge in [0.1, 0.15) is 11.7 Å². The number of piperidine rings is 2. The molecule has 4 heterocycles. The molecule has 8 heteroatoms. The van der Waals surface area contributed by atoms with E-state index in [-0.39, 0.29) is 24.7 Å². The lowest BCUT2D eigenvalue weighted by Gasteiger charge is -2.37. The molecule has 0 spiro atoms. The number of amides is 3. The summed E-state index contributed by atoms with van der Waals surface area (Å²) >= 11 is 0. The number of hydrogen-bond acceptors (Lipinski definition) is 5. The summed E-state index contributed by atoms with van der Waals surface area (Å²) in [7, 11) is 0. The highest BCUT2D eigenvalue weighted by Crippen LogP contribution is 2.45. The molecule has 178 valence electrons. The highest BCUT2D eigenvalue weighted by atomic mass is 19.1. The number of nitrogens with zero attached hydrogens (tertiary/aromatic N) is 3. The molecule has 1 unspecified atom stereocenters. The number of halogens is 1. The maximum atomic E-state index is 16.4. The van der Waals surface area contributed by atoms with Gasteiger partial charge in [0.2, 0.25) is 11.8 Å². The van der Waals surface area contributed by atoms with E-state index in [0.29, 0.717) is 53.6 Å². The molecule has 0 radical (unpaired) electrons. The largest absolute Gasteiger partial charge is 0.299 e. The van der Waals surface area contributed by atoms with Gasteiger partial charge in [-0.3, -0.25) is 34.5 Å². The molecule has 2 fully saturated rings. The van der Waals surface area contributed by atoms with E-state index >= 15 is 4.39 Å². The summed E-state index contributed by atoms with van der Waals surface area (Å²) in [5.74, 6) is -1.14. The van der Waals surface area contributed by atoms with Crippen molar-refractivity contribution < 1.29 is 18.8 Å². The van der Waals surface area contributed by atoms with Gasteiger partial charge in [0.25, 0.3) is 5.91 Å². The average molecular weight is 473 g/mol. The zero-order chi connectivity index (χ0) is 24.2. The van der Waals surface area contributed by atoms with Crippen molar-refractivity contribution in [2.75, 3.05) is 18.0 Å². The minimum atomic E-state index is -1.55. The van der Waals surface area contributed by atoms with Crippen molar-refractivity contribution in [3.05, 3.63) is 71.4 Å². The Balaban J connectivity index is 1.31. The van der Waals surface area contributed by atoms with E-state index in [0.717, 1.165) is 6.54 Å². The maximum absolute atomic E-state index is 16.4. The standard InChI is InChI=1S/C27H25FN4O3/c28-27(11-14-31(15-12-27)16-17-4-2-1-3-5-17)19-7-6-18-23-20(10-13-29-24(19)23)32(26(18)35)21-8-9-22(33)30-25(21)34/h1-7,10,13,21H,8-9,11-12,14-16H2,(H,30,33,34). The molecule has 1 atom stereocenters. The summed E-state index contributed by atoms with van der Waals surface area (Å²) in [6, 6.07) is 14.4. The lowest BCUT2D eigenvalue weighted by molar-refractivity contribution is -0.134. The molecule has 2 aromatic carbocycles. The van der Waals surface area contributed by atoms with E-state index in [1.807, 2.05) is 18.2 Å². The van der Waals surface area contributed by atoms with Crippen LogP contribution in [0.15, 0.2) is 54.7 Å². The Labute approximate surface area is 201 Å². The first-order chi connectivity index (χ1) is 16.9. The fourth-order valence-corrected chi connectivity index (χ4v) is 5.64. The third-order valence-corrected chi connectivity index (χ3v) is 7.48. The Hall–Kier alpha value is -3.65. The zero-order valence-electron chi connectivity index (χ0n) is 19.2. The predicted octanol–water partition coefficient (Wildman–Crippen LogP) is 3.46. The van der Waals surface area contributed by atoms with Gasteiger partial charge >= 0.3 is 0 Å². The molecule has 3 amide bonds. The monoisotopic (exact) mass is 472 g/mol. The topological polar surface area (TPSA) is 82.6 Å². The number of aromatic nitrogens is 1. The molecule has 7 nitrogen and oxygen atoms in total. The second-order valence-electron chi connectivity index (χ2n) is 9.58. The molecular formula is C27H25FN4O3. The van der Waals surface area contributed by atoms with Gasteiger partial charge in [-0.1, -0.05) is 36.4 Å². The summed E-state index contributed by atoms with van der Waals surface area (Å²) in [5.41, 5.74) is 1.59. The second-order valence-corrected chi connectivity index (χ2v) is 9.58. The highest BCUT2D eigenvalue weighted by Gasteiger charge is 2.43. The van der Waals surface area contributed by atoms with E-state index in [4.69, 9.17) is 0 Å². The smallest absolute Gasteiger partial charge is 0.259 e. The third kappa shape index (κ3) is 3.60. The van der Waals surface area contributed by atoms with E-state index in [9.17, 15) is 14.4 Å². The van der Waals surface area contributed by atoms with Crippen LogP contribution >= 0.6 is 0 Å². The number of nitrogens with one attached hydrogen (secondary N) is 1. The van der Waals surface area contributed by atoms with Gasteiger partial charge in [0.15, 0.2) is 0 Å². The fourth-order valence-electron chi connectivity index (χ4n) is 5.64. The van der Waals surface area contributed by atoms with Crippen molar-refractivity contribution in [1.29, 1.82) is 0 Å². The van der Waals surface area contributed by atoms with Crippen molar-refractivity contribution in [2.45, 2.75) is 43.9 Å². The number of pyridine rings is 1. The molecule has 3 aliphatic rings. The number of carbonyl (C=O) groups is 3. The molecule has 0 aliphatic carbocycles. The molecule has 3 aromatic rings. The molecule has 0 bridgehead atoms. The lowest BCUT2D eigenvalue weighted by Crippen LogP contribution is -2.53. The average Bonchev–Trinajstić information content (AvgIpc) is 3.14.